The van der Waals surface area contributed by atoms with Crippen LogP contribution in [0.3, 0.4) is 0 Å². The van der Waals surface area contributed by atoms with Gasteiger partial charge in [-0.2, -0.15) is 8.42 Å². The summed E-state index contributed by atoms with van der Waals surface area (Å²) in [6.45, 7) is 3.37. The Morgan fingerprint density at radius 3 is 2.33 bits per heavy atom. The van der Waals surface area contributed by atoms with Crippen molar-refractivity contribution in [3.05, 3.63) is 12.7 Å². The van der Waals surface area contributed by atoms with E-state index in [0.717, 1.165) is 0 Å². The van der Waals surface area contributed by atoms with E-state index in [-0.39, 0.29) is 36.0 Å². The third-order valence-electron chi connectivity index (χ3n) is 1.15. The van der Waals surface area contributed by atoms with Crippen molar-refractivity contribution >= 4 is 39.7 Å². The molecule has 0 amide bonds. The molecular weight excluding hydrogens is 191 g/mol. The zero-order chi connectivity index (χ0) is 8.91. The molecule has 4 nitrogen and oxygen atoms in total. The molecule has 0 fully saturated rings. The standard InChI is InChI=1S/C6H12O4S.Na.H/c1-2-3-6(7)4-5-11(8,9)10;;/h2,6-7H,1,3-5H2,(H,8,9,10);;. The van der Waals surface area contributed by atoms with E-state index in [9.17, 15) is 8.42 Å². The SMILES string of the molecule is C=CCC(O)CCS(=O)(=O)O.[NaH]. The second-order valence-corrected chi connectivity index (χ2v) is 3.82. The quantitative estimate of drug-likeness (QED) is 0.361. The van der Waals surface area contributed by atoms with Crippen LogP contribution in [0.4, 0.5) is 0 Å². The second kappa shape index (κ2) is 7.06. The van der Waals surface area contributed by atoms with Gasteiger partial charge in [0.05, 0.1) is 11.9 Å². The molecule has 2 N–H and O–H groups in total. The van der Waals surface area contributed by atoms with Crippen LogP contribution in [0.25, 0.3) is 0 Å². The van der Waals surface area contributed by atoms with E-state index in [1.54, 1.807) is 0 Å². The molecule has 1 unspecified atom stereocenters. The van der Waals surface area contributed by atoms with Gasteiger partial charge in [0.2, 0.25) is 0 Å². The molecule has 0 aromatic rings. The van der Waals surface area contributed by atoms with E-state index >= 15 is 0 Å². The predicted octanol–water partition coefficient (Wildman–Crippen LogP) is -0.447. The molecule has 0 rings (SSSR count). The first kappa shape index (κ1) is 15.1. The van der Waals surface area contributed by atoms with Crippen LogP contribution in [0.5, 0.6) is 0 Å². The summed E-state index contributed by atoms with van der Waals surface area (Å²) in [5.41, 5.74) is 0. The molecule has 0 aliphatic rings. The van der Waals surface area contributed by atoms with E-state index in [1.807, 2.05) is 0 Å². The Kier molecular flexibility index (Phi) is 8.88. The van der Waals surface area contributed by atoms with Crippen LogP contribution in [-0.2, 0) is 10.1 Å². The van der Waals surface area contributed by atoms with Gasteiger partial charge in [-0.05, 0) is 12.8 Å². The van der Waals surface area contributed by atoms with Crippen LogP contribution in [0, 0.1) is 0 Å². The fraction of sp³-hybridized carbons (Fsp3) is 0.667. The summed E-state index contributed by atoms with van der Waals surface area (Å²) in [5, 5.41) is 8.97. The first-order valence-electron chi connectivity index (χ1n) is 3.20. The number of hydrogen-bond donors (Lipinski definition) is 2. The third kappa shape index (κ3) is 10.6. The molecule has 0 saturated heterocycles. The fourth-order valence-corrected chi connectivity index (χ4v) is 1.17. The predicted molar refractivity (Wildman–Crippen MR) is 49.0 cm³/mol. The van der Waals surface area contributed by atoms with Crippen LogP contribution in [0.1, 0.15) is 12.8 Å². The molecule has 0 radical (unpaired) electrons. The molecule has 0 aliphatic carbocycles. The summed E-state index contributed by atoms with van der Waals surface area (Å²) in [7, 11) is -3.93. The molecule has 0 saturated carbocycles. The van der Waals surface area contributed by atoms with E-state index in [2.05, 4.69) is 6.58 Å². The van der Waals surface area contributed by atoms with E-state index in [1.165, 1.54) is 6.08 Å². The van der Waals surface area contributed by atoms with Crippen molar-refractivity contribution in [2.45, 2.75) is 18.9 Å². The van der Waals surface area contributed by atoms with Gasteiger partial charge in [-0.3, -0.25) is 4.55 Å². The van der Waals surface area contributed by atoms with Gasteiger partial charge in [0.1, 0.15) is 0 Å². The first-order valence-corrected chi connectivity index (χ1v) is 4.80. The molecule has 0 aromatic carbocycles. The Labute approximate surface area is 94.7 Å². The topological polar surface area (TPSA) is 74.6 Å². The van der Waals surface area contributed by atoms with Crippen molar-refractivity contribution in [1.82, 2.24) is 0 Å². The molecular formula is C6H13NaO4S. The van der Waals surface area contributed by atoms with Gasteiger partial charge in [-0.1, -0.05) is 6.08 Å². The minimum atomic E-state index is -3.93. The van der Waals surface area contributed by atoms with Gasteiger partial charge < -0.3 is 5.11 Å². The van der Waals surface area contributed by atoms with Gasteiger partial charge in [-0.25, -0.2) is 0 Å². The molecule has 0 spiro atoms. The second-order valence-electron chi connectivity index (χ2n) is 2.25. The Balaban J connectivity index is 0. The summed E-state index contributed by atoms with van der Waals surface area (Å²) in [4.78, 5) is 0. The maximum atomic E-state index is 10.2. The van der Waals surface area contributed by atoms with Crippen molar-refractivity contribution in [2.24, 2.45) is 0 Å². The molecule has 68 valence electrons. The number of rotatable bonds is 5. The Bertz CT molecular complexity index is 212. The average Bonchev–Trinajstić information content (AvgIpc) is 1.83. The minimum absolute atomic E-state index is 0. The maximum absolute atomic E-state index is 10.2. The fourth-order valence-electron chi connectivity index (χ4n) is 0.595. The Morgan fingerprint density at radius 2 is 2.00 bits per heavy atom. The summed E-state index contributed by atoms with van der Waals surface area (Å²) >= 11 is 0. The van der Waals surface area contributed by atoms with E-state index < -0.39 is 22.0 Å². The number of aliphatic hydroxyl groups is 1. The molecule has 6 heteroatoms. The molecule has 0 aromatic heterocycles. The van der Waals surface area contributed by atoms with Crippen LogP contribution < -0.4 is 0 Å². The summed E-state index contributed by atoms with van der Waals surface area (Å²) in [5.74, 6) is -0.401. The molecule has 12 heavy (non-hydrogen) atoms. The van der Waals surface area contributed by atoms with Gasteiger partial charge in [0.25, 0.3) is 10.1 Å². The molecule has 0 heterocycles. The summed E-state index contributed by atoms with van der Waals surface area (Å²) < 4.78 is 28.6. The van der Waals surface area contributed by atoms with Crippen molar-refractivity contribution in [1.29, 1.82) is 0 Å². The molecule has 0 aliphatic heterocycles. The van der Waals surface area contributed by atoms with Crippen LogP contribution >= 0.6 is 0 Å². The van der Waals surface area contributed by atoms with Gasteiger partial charge in [0.15, 0.2) is 0 Å². The van der Waals surface area contributed by atoms with Crippen LogP contribution in [0.2, 0.25) is 0 Å². The normalized spacial score (nSPS) is 13.2. The first-order chi connectivity index (χ1) is 4.95. The van der Waals surface area contributed by atoms with Crippen molar-refractivity contribution in [3.63, 3.8) is 0 Å². The van der Waals surface area contributed by atoms with Gasteiger partial charge in [-0.15, -0.1) is 6.58 Å². The monoisotopic (exact) mass is 204 g/mol. The third-order valence-corrected chi connectivity index (χ3v) is 1.90. The Hall–Kier alpha value is 0.610. The zero-order valence-corrected chi connectivity index (χ0v) is 6.92. The van der Waals surface area contributed by atoms with Crippen LogP contribution in [0.15, 0.2) is 12.7 Å². The Morgan fingerprint density at radius 1 is 1.50 bits per heavy atom. The van der Waals surface area contributed by atoms with Gasteiger partial charge in [0, 0.05) is 0 Å². The van der Waals surface area contributed by atoms with E-state index in [0.29, 0.717) is 6.42 Å². The van der Waals surface area contributed by atoms with Crippen molar-refractivity contribution in [2.75, 3.05) is 5.75 Å². The number of aliphatic hydroxyl groups excluding tert-OH is 1. The summed E-state index contributed by atoms with van der Waals surface area (Å²) in [6.07, 6.45) is 1.16. The van der Waals surface area contributed by atoms with Crippen LogP contribution in [-0.4, -0.2) is 59.5 Å². The van der Waals surface area contributed by atoms with Crippen molar-refractivity contribution in [3.8, 4) is 0 Å². The van der Waals surface area contributed by atoms with Crippen molar-refractivity contribution < 1.29 is 18.1 Å². The molecule has 0 bridgehead atoms. The number of hydrogen-bond acceptors (Lipinski definition) is 3. The average molecular weight is 204 g/mol. The van der Waals surface area contributed by atoms with E-state index in [4.69, 9.17) is 9.66 Å². The zero-order valence-electron chi connectivity index (χ0n) is 6.10. The molecule has 1 atom stereocenters. The van der Waals surface area contributed by atoms with Gasteiger partial charge >= 0.3 is 29.6 Å². The summed E-state index contributed by atoms with van der Waals surface area (Å²) in [6, 6.07) is 0.